The van der Waals surface area contributed by atoms with E-state index in [1.165, 1.54) is 43.9 Å². The Morgan fingerprint density at radius 2 is 1.40 bits per heavy atom. The number of fused-ring (bicyclic) bond motifs is 11. The summed E-state index contributed by atoms with van der Waals surface area (Å²) in [7, 11) is 2.05. The molecule has 0 unspecified atom stereocenters. The summed E-state index contributed by atoms with van der Waals surface area (Å²) in [6, 6.07) is 82.1. The van der Waals surface area contributed by atoms with Gasteiger partial charge >= 0.3 is 0 Å². The van der Waals surface area contributed by atoms with Gasteiger partial charge in [-0.3, -0.25) is 14.0 Å². The molecule has 0 fully saturated rings. The quantitative estimate of drug-likeness (QED) is 0.0777. The van der Waals surface area contributed by atoms with E-state index >= 15 is 0 Å². The summed E-state index contributed by atoms with van der Waals surface area (Å²) in [5.74, 6) is 2.49. The van der Waals surface area contributed by atoms with Crippen LogP contribution in [0.4, 0.5) is 0 Å². The third-order valence-electron chi connectivity index (χ3n) is 16.5. The Morgan fingerprint density at radius 1 is 0.605 bits per heavy atom. The van der Waals surface area contributed by atoms with Gasteiger partial charge in [0.2, 0.25) is 12.1 Å². The second-order valence-electron chi connectivity index (χ2n) is 22.5. The molecular formula is C76H57IrN8O-3. The van der Waals surface area contributed by atoms with Crippen LogP contribution in [0.2, 0.25) is 0 Å². The molecule has 0 aliphatic heterocycles. The zero-order chi connectivity index (χ0) is 57.3. The molecule has 0 saturated heterocycles. The Labute approximate surface area is 512 Å². The monoisotopic (exact) mass is 1290 g/mol. The molecule has 9 nitrogen and oxygen atoms in total. The van der Waals surface area contributed by atoms with Crippen molar-refractivity contribution in [1.29, 1.82) is 0 Å². The van der Waals surface area contributed by atoms with Crippen molar-refractivity contribution in [2.45, 2.75) is 46.0 Å². The van der Waals surface area contributed by atoms with Gasteiger partial charge in [0.05, 0.1) is 40.5 Å². The van der Waals surface area contributed by atoms with Gasteiger partial charge in [0, 0.05) is 67.3 Å². The molecule has 0 aliphatic rings. The van der Waals surface area contributed by atoms with E-state index in [1.807, 2.05) is 84.7 Å². The molecule has 0 N–H and O–H groups in total. The van der Waals surface area contributed by atoms with Crippen LogP contribution in [0.5, 0.6) is 0 Å². The summed E-state index contributed by atoms with van der Waals surface area (Å²) in [6.07, 6.45) is 12.1. The summed E-state index contributed by atoms with van der Waals surface area (Å²) in [5, 5.41) is 7.08. The first kappa shape index (κ1) is 54.0. The Morgan fingerprint density at radius 3 is 2.21 bits per heavy atom. The number of pyridine rings is 1. The van der Waals surface area contributed by atoms with Crippen molar-refractivity contribution >= 4 is 71.3 Å². The molecule has 0 bridgehead atoms. The maximum Gasteiger partial charge on any atom is 0.241 e. The molecule has 0 saturated carbocycles. The first-order valence-electron chi connectivity index (χ1n) is 29.0. The van der Waals surface area contributed by atoms with Crippen LogP contribution in [0.15, 0.2) is 235 Å². The van der Waals surface area contributed by atoms with E-state index in [-0.39, 0.29) is 20.1 Å². The van der Waals surface area contributed by atoms with Crippen molar-refractivity contribution < 1.29 is 29.1 Å². The van der Waals surface area contributed by atoms with Gasteiger partial charge in [-0.1, -0.05) is 153 Å². The van der Waals surface area contributed by atoms with E-state index in [1.54, 1.807) is 0 Å². The second-order valence-corrected chi connectivity index (χ2v) is 22.5. The van der Waals surface area contributed by atoms with Crippen LogP contribution in [0.25, 0.3) is 122 Å². The summed E-state index contributed by atoms with van der Waals surface area (Å²) < 4.78 is 17.5. The molecule has 86 heavy (non-hydrogen) atoms. The van der Waals surface area contributed by atoms with Crippen LogP contribution in [0.3, 0.4) is 0 Å². The van der Waals surface area contributed by atoms with Crippen LogP contribution in [0.1, 0.15) is 61.9 Å². The smallest absolute Gasteiger partial charge is 0.241 e. The Balaban J connectivity index is 0.000000154. The molecule has 10 heteroatoms. The fourth-order valence-corrected chi connectivity index (χ4v) is 12.4. The largest absolute Gasteiger partial charge is 0.501 e. The van der Waals surface area contributed by atoms with Gasteiger partial charge in [0.25, 0.3) is 0 Å². The van der Waals surface area contributed by atoms with E-state index < -0.39 is 0 Å². The van der Waals surface area contributed by atoms with Crippen molar-refractivity contribution in [3.05, 3.63) is 278 Å². The second kappa shape index (κ2) is 22.2. The van der Waals surface area contributed by atoms with Crippen molar-refractivity contribution in [2.75, 3.05) is 0 Å². The number of hydrogen-bond acceptors (Lipinski definition) is 4. The maximum absolute atomic E-state index is 6.63. The summed E-state index contributed by atoms with van der Waals surface area (Å²) in [4.78, 5) is 14.7. The average molecular weight is 1290 g/mol. The van der Waals surface area contributed by atoms with Crippen LogP contribution >= 0.6 is 0 Å². The zero-order valence-electron chi connectivity index (χ0n) is 48.1. The SMILES string of the molecule is CC(C)c1cccc(C(C)C)c1-n1ccnc1-c1[c-]ccc2c1oc1cc3c(ccc4ccccc43)cc12.C[n+]1[c-]n(-c2[c-]cccc2)cc1Cc1ccc2c(c1)n1c3c(-c4cc[c-]c(-c5ccccn5)c4)cccc3nc1n2-c1ccccc1.[Ir]. The van der Waals surface area contributed by atoms with Crippen LogP contribution in [-0.4, -0.2) is 33.1 Å². The summed E-state index contributed by atoms with van der Waals surface area (Å²) >= 11 is 0. The molecule has 0 amide bonds. The van der Waals surface area contributed by atoms with E-state index in [9.17, 15) is 0 Å². The number of aromatic nitrogens is 8. The molecule has 0 aliphatic carbocycles. The zero-order valence-corrected chi connectivity index (χ0v) is 50.5. The van der Waals surface area contributed by atoms with Gasteiger partial charge in [-0.2, -0.15) is 30.3 Å². The number of imidazole rings is 4. The Hall–Kier alpha value is -9.99. The molecule has 6 heterocycles. The fourth-order valence-electron chi connectivity index (χ4n) is 12.4. The van der Waals surface area contributed by atoms with Crippen molar-refractivity contribution in [3.63, 3.8) is 0 Å². The van der Waals surface area contributed by atoms with E-state index in [4.69, 9.17) is 14.4 Å². The minimum atomic E-state index is 0. The standard InChI is InChI=1S/C41H28N6.C35H29N2O.Ir/c1-44-28-45(32-14-4-2-5-15-32)27-34(44)24-29-21-22-38-39(25-29)47-40-35(30-12-10-13-31(26-30)36-19-8-9-23-42-36)18-11-20-37(40)43-41(47)46(38)33-16-6-3-7-17-33;1-21(2)25-11-7-12-26(22(3)4)33(25)37-18-17-36-35(37)29-14-8-13-28-31-19-24-16-15-23-9-5-6-10-27(23)30(24)20-32(31)38-34(28)29;/h2-12,14,16-23,25-27H,24H2,1H3;5-13,15-22H,1-4H3;/q-2;-1;. The summed E-state index contributed by atoms with van der Waals surface area (Å²) in [5.41, 5.74) is 19.1. The van der Waals surface area contributed by atoms with Gasteiger partial charge in [0.1, 0.15) is 5.58 Å². The van der Waals surface area contributed by atoms with Gasteiger partial charge in [-0.05, 0) is 116 Å². The minimum absolute atomic E-state index is 0. The van der Waals surface area contributed by atoms with Crippen molar-refractivity contribution in [1.82, 2.24) is 33.1 Å². The van der Waals surface area contributed by atoms with Crippen LogP contribution < -0.4 is 4.57 Å². The molecule has 1 radical (unpaired) electrons. The Bertz CT molecular complexity index is 5160. The number of furan rings is 1. The molecule has 16 rings (SSSR count). The summed E-state index contributed by atoms with van der Waals surface area (Å²) in [6.45, 7) is 9.00. The number of rotatable bonds is 10. The average Bonchev–Trinajstić information content (AvgIpc) is 1.63. The molecule has 0 spiro atoms. The van der Waals surface area contributed by atoms with Crippen LogP contribution in [0, 0.1) is 24.5 Å². The number of benzene rings is 10. The normalized spacial score (nSPS) is 11.7. The number of nitrogens with zero attached hydrogens (tertiary/aromatic N) is 8. The first-order valence-corrected chi connectivity index (χ1v) is 29.0. The van der Waals surface area contributed by atoms with E-state index in [0.717, 1.165) is 107 Å². The van der Waals surface area contributed by atoms with Crippen molar-refractivity contribution in [3.8, 4) is 50.8 Å². The predicted octanol–water partition coefficient (Wildman–Crippen LogP) is 17.6. The molecule has 10 aromatic carbocycles. The third-order valence-corrected chi connectivity index (χ3v) is 16.5. The van der Waals surface area contributed by atoms with E-state index in [0.29, 0.717) is 11.8 Å². The van der Waals surface area contributed by atoms with Gasteiger partial charge in [-0.15, -0.1) is 48.0 Å². The van der Waals surface area contributed by atoms with E-state index in [2.05, 4.69) is 233 Å². The van der Waals surface area contributed by atoms with Gasteiger partial charge < -0.3 is 23.1 Å². The van der Waals surface area contributed by atoms with Gasteiger partial charge in [-0.25, -0.2) is 4.98 Å². The first-order chi connectivity index (χ1) is 41.7. The number of para-hydroxylation sites is 4. The molecule has 16 aromatic rings. The van der Waals surface area contributed by atoms with Gasteiger partial charge in [0.15, 0.2) is 0 Å². The molecule has 0 atom stereocenters. The number of hydrogen-bond donors (Lipinski definition) is 0. The van der Waals surface area contributed by atoms with Crippen molar-refractivity contribution in [2.24, 2.45) is 7.05 Å². The molecular weight excluding hydrogens is 1230 g/mol. The topological polar surface area (TPSA) is 74.9 Å². The predicted molar refractivity (Wildman–Crippen MR) is 343 cm³/mol. The molecule has 6 aromatic heterocycles. The minimum Gasteiger partial charge on any atom is -0.501 e. The van der Waals surface area contributed by atoms with Crippen LogP contribution in [-0.2, 0) is 33.6 Å². The number of aryl methyl sites for hydroxylation is 1. The maximum atomic E-state index is 6.63. The molecule has 419 valence electrons. The Kier molecular flexibility index (Phi) is 13.9. The fraction of sp³-hybridized carbons (Fsp3) is 0.105. The third kappa shape index (κ3) is 9.39.